The summed E-state index contributed by atoms with van der Waals surface area (Å²) in [4.78, 5) is 15.4. The topological polar surface area (TPSA) is 38.4 Å². The summed E-state index contributed by atoms with van der Waals surface area (Å²) in [5.41, 5.74) is 4.17. The average Bonchev–Trinajstić information content (AvgIpc) is 2.98. The van der Waals surface area contributed by atoms with Gasteiger partial charge < -0.3 is 19.7 Å². The lowest BCUT2D eigenvalue weighted by Gasteiger charge is -2.25. The Labute approximate surface area is 171 Å². The van der Waals surface area contributed by atoms with E-state index in [4.69, 9.17) is 16.6 Å². The van der Waals surface area contributed by atoms with Crippen LogP contribution < -0.4 is 4.90 Å². The summed E-state index contributed by atoms with van der Waals surface area (Å²) in [6, 6.07) is 14.4. The molecule has 2 heterocycles. The molecule has 0 atom stereocenters. The highest BCUT2D eigenvalue weighted by atomic mass is 35.5. The molecule has 1 aromatic heterocycles. The van der Waals surface area contributed by atoms with Crippen LogP contribution in [0.4, 0.5) is 5.69 Å². The highest BCUT2D eigenvalue weighted by Crippen LogP contribution is 2.32. The number of H-pyrrole nitrogens is 1. The summed E-state index contributed by atoms with van der Waals surface area (Å²) in [7, 11) is 4.27. The second kappa shape index (κ2) is 8.52. The van der Waals surface area contributed by atoms with E-state index in [2.05, 4.69) is 45.9 Å². The summed E-state index contributed by atoms with van der Waals surface area (Å²) in [5, 5.41) is 0.727. The minimum absolute atomic E-state index is 0.727. The molecule has 1 aliphatic rings. The summed E-state index contributed by atoms with van der Waals surface area (Å²) in [5.74, 6) is 0.829. The van der Waals surface area contributed by atoms with Gasteiger partial charge >= 0.3 is 0 Å². The van der Waals surface area contributed by atoms with E-state index >= 15 is 0 Å². The van der Waals surface area contributed by atoms with Crippen molar-refractivity contribution in [2.45, 2.75) is 6.42 Å². The molecule has 0 radical (unpaired) electrons. The molecule has 0 spiro atoms. The fraction of sp³-hybridized carbons (Fsp3) is 0.409. The van der Waals surface area contributed by atoms with Gasteiger partial charge in [0.15, 0.2) is 0 Å². The SMILES string of the molecule is CN(C)CCN1CCCN(c2ccc(Cl)c(-c3nc4ccccc4[nH]3)c2)CC1. The van der Waals surface area contributed by atoms with Crippen LogP contribution in [0.3, 0.4) is 0 Å². The number of nitrogens with one attached hydrogen (secondary N) is 1. The Kier molecular flexibility index (Phi) is 5.85. The van der Waals surface area contributed by atoms with Gasteiger partial charge in [-0.1, -0.05) is 23.7 Å². The van der Waals surface area contributed by atoms with E-state index < -0.39 is 0 Å². The number of halogens is 1. The molecule has 3 aromatic rings. The quantitative estimate of drug-likeness (QED) is 0.707. The number of para-hydroxylation sites is 2. The molecule has 4 rings (SSSR count). The van der Waals surface area contributed by atoms with Crippen LogP contribution in [0.2, 0.25) is 5.02 Å². The second-order valence-electron chi connectivity index (χ2n) is 7.75. The van der Waals surface area contributed by atoms with Crippen LogP contribution in [0.25, 0.3) is 22.4 Å². The molecule has 0 bridgehead atoms. The zero-order valence-electron chi connectivity index (χ0n) is 16.7. The molecule has 28 heavy (non-hydrogen) atoms. The predicted octanol–water partition coefficient (Wildman–Crippen LogP) is 3.96. The van der Waals surface area contributed by atoms with Crippen molar-refractivity contribution in [3.63, 3.8) is 0 Å². The first kappa shape index (κ1) is 19.2. The number of anilines is 1. The molecule has 0 amide bonds. The number of hydrogen-bond donors (Lipinski definition) is 1. The molecule has 1 N–H and O–H groups in total. The normalized spacial score (nSPS) is 16.1. The zero-order chi connectivity index (χ0) is 19.5. The smallest absolute Gasteiger partial charge is 0.140 e. The molecular weight excluding hydrogens is 370 g/mol. The van der Waals surface area contributed by atoms with Crippen LogP contribution in [0, 0.1) is 0 Å². The minimum Gasteiger partial charge on any atom is -0.370 e. The number of fused-ring (bicyclic) bond motifs is 1. The number of aromatic amines is 1. The lowest BCUT2D eigenvalue weighted by molar-refractivity contribution is 0.254. The van der Waals surface area contributed by atoms with Crippen molar-refractivity contribution in [1.82, 2.24) is 19.8 Å². The first-order valence-corrected chi connectivity index (χ1v) is 10.3. The molecule has 0 aliphatic carbocycles. The molecular formula is C22H28ClN5. The summed E-state index contributed by atoms with van der Waals surface area (Å²) >= 11 is 6.53. The van der Waals surface area contributed by atoms with E-state index in [0.717, 1.165) is 66.7 Å². The van der Waals surface area contributed by atoms with Crippen molar-refractivity contribution in [2.24, 2.45) is 0 Å². The van der Waals surface area contributed by atoms with Gasteiger partial charge in [0, 0.05) is 44.0 Å². The number of imidazole rings is 1. The van der Waals surface area contributed by atoms with E-state index in [-0.39, 0.29) is 0 Å². The van der Waals surface area contributed by atoms with Gasteiger partial charge in [-0.25, -0.2) is 4.98 Å². The standard InChI is InChI=1S/C22H28ClN5/c1-26(2)12-13-27-10-5-11-28(15-14-27)17-8-9-19(23)18(16-17)22-24-20-6-3-4-7-21(20)25-22/h3-4,6-9,16H,5,10-15H2,1-2H3,(H,24,25). The van der Waals surface area contributed by atoms with Crippen LogP contribution in [0.5, 0.6) is 0 Å². The van der Waals surface area contributed by atoms with Gasteiger partial charge in [-0.15, -0.1) is 0 Å². The maximum atomic E-state index is 6.53. The van der Waals surface area contributed by atoms with Crippen molar-refractivity contribution >= 4 is 28.3 Å². The molecule has 1 aliphatic heterocycles. The summed E-state index contributed by atoms with van der Waals surface area (Å²) in [6.07, 6.45) is 1.18. The molecule has 148 valence electrons. The number of hydrogen-bond acceptors (Lipinski definition) is 4. The van der Waals surface area contributed by atoms with Crippen molar-refractivity contribution in [3.05, 3.63) is 47.5 Å². The third-order valence-corrected chi connectivity index (χ3v) is 5.74. The average molecular weight is 398 g/mol. The second-order valence-corrected chi connectivity index (χ2v) is 8.16. The van der Waals surface area contributed by atoms with Gasteiger partial charge in [-0.3, -0.25) is 0 Å². The Morgan fingerprint density at radius 1 is 1.07 bits per heavy atom. The van der Waals surface area contributed by atoms with E-state index in [1.54, 1.807) is 0 Å². The van der Waals surface area contributed by atoms with Crippen LogP contribution in [-0.2, 0) is 0 Å². The number of rotatable bonds is 5. The van der Waals surface area contributed by atoms with Crippen molar-refractivity contribution in [3.8, 4) is 11.4 Å². The molecule has 0 unspecified atom stereocenters. The van der Waals surface area contributed by atoms with E-state index in [1.807, 2.05) is 30.3 Å². The first-order chi connectivity index (χ1) is 13.6. The Bertz CT molecular complexity index is 903. The maximum Gasteiger partial charge on any atom is 0.140 e. The number of likely N-dealkylation sites (N-methyl/N-ethyl adjacent to an activating group) is 1. The highest BCUT2D eigenvalue weighted by Gasteiger charge is 2.17. The zero-order valence-corrected chi connectivity index (χ0v) is 17.4. The van der Waals surface area contributed by atoms with E-state index in [0.29, 0.717) is 0 Å². The fourth-order valence-corrected chi connectivity index (χ4v) is 3.97. The summed E-state index contributed by atoms with van der Waals surface area (Å²) < 4.78 is 0. The van der Waals surface area contributed by atoms with Gasteiger partial charge in [0.25, 0.3) is 0 Å². The van der Waals surface area contributed by atoms with Crippen LogP contribution >= 0.6 is 11.6 Å². The maximum absolute atomic E-state index is 6.53. The number of nitrogens with zero attached hydrogens (tertiary/aromatic N) is 4. The van der Waals surface area contributed by atoms with E-state index in [9.17, 15) is 0 Å². The van der Waals surface area contributed by atoms with Crippen molar-refractivity contribution in [1.29, 1.82) is 0 Å². The number of aromatic nitrogens is 2. The van der Waals surface area contributed by atoms with Gasteiger partial charge in [0.2, 0.25) is 0 Å². The Morgan fingerprint density at radius 3 is 2.75 bits per heavy atom. The molecule has 6 heteroatoms. The molecule has 0 saturated carbocycles. The lowest BCUT2D eigenvalue weighted by Crippen LogP contribution is -2.35. The van der Waals surface area contributed by atoms with Crippen molar-refractivity contribution in [2.75, 3.05) is 58.3 Å². The lowest BCUT2D eigenvalue weighted by atomic mass is 10.1. The predicted molar refractivity (Wildman–Crippen MR) is 118 cm³/mol. The monoisotopic (exact) mass is 397 g/mol. The van der Waals surface area contributed by atoms with Gasteiger partial charge in [-0.05, 0) is 57.4 Å². The highest BCUT2D eigenvalue weighted by molar-refractivity contribution is 6.33. The Morgan fingerprint density at radius 2 is 1.93 bits per heavy atom. The fourth-order valence-electron chi connectivity index (χ4n) is 3.77. The third-order valence-electron chi connectivity index (χ3n) is 5.41. The van der Waals surface area contributed by atoms with Crippen molar-refractivity contribution < 1.29 is 0 Å². The van der Waals surface area contributed by atoms with Gasteiger partial charge in [-0.2, -0.15) is 0 Å². The van der Waals surface area contributed by atoms with Crippen LogP contribution in [0.15, 0.2) is 42.5 Å². The largest absolute Gasteiger partial charge is 0.370 e. The van der Waals surface area contributed by atoms with Gasteiger partial charge in [0.05, 0.1) is 16.1 Å². The number of benzene rings is 2. The Balaban J connectivity index is 1.53. The molecule has 5 nitrogen and oxygen atoms in total. The minimum atomic E-state index is 0.727. The first-order valence-electron chi connectivity index (χ1n) is 9.97. The van der Waals surface area contributed by atoms with E-state index in [1.165, 1.54) is 12.1 Å². The molecule has 2 aromatic carbocycles. The summed E-state index contributed by atoms with van der Waals surface area (Å²) in [6.45, 7) is 6.60. The van der Waals surface area contributed by atoms with Crippen LogP contribution in [-0.4, -0.2) is 73.1 Å². The molecule has 1 fully saturated rings. The van der Waals surface area contributed by atoms with Crippen LogP contribution in [0.1, 0.15) is 6.42 Å². The third kappa shape index (κ3) is 4.32. The Hall–Kier alpha value is -2.08. The molecule has 1 saturated heterocycles. The van der Waals surface area contributed by atoms with Gasteiger partial charge in [0.1, 0.15) is 5.82 Å².